The molecule has 4 fully saturated rings. The first-order chi connectivity index (χ1) is 54.8. The summed E-state index contributed by atoms with van der Waals surface area (Å²) in [6.07, 6.45) is 3.85. The molecule has 624 valence electrons. The van der Waals surface area contributed by atoms with Gasteiger partial charge in [0, 0.05) is 148 Å². The highest BCUT2D eigenvalue weighted by Crippen LogP contribution is 2.22. The molecule has 13 N–H and O–H groups in total. The number of carboxylic acids is 1. The monoisotopic (exact) mass is 1750 g/mol. The molecular weight excluding hydrogens is 1630 g/mol. The molecule has 0 spiro atoms. The summed E-state index contributed by atoms with van der Waals surface area (Å²) in [6.45, 7) is 25.7. The van der Waals surface area contributed by atoms with Crippen LogP contribution in [0.15, 0.2) is 146 Å². The molecule has 114 heavy (non-hydrogen) atoms. The van der Waals surface area contributed by atoms with Crippen molar-refractivity contribution in [1.82, 2.24) is 40.9 Å². The lowest BCUT2D eigenvalue weighted by Crippen LogP contribution is -2.41. The second-order valence-corrected chi connectivity index (χ2v) is 28.1. The molecule has 0 unspecified atom stereocenters. The van der Waals surface area contributed by atoms with E-state index in [9.17, 15) is 43.2 Å². The van der Waals surface area contributed by atoms with E-state index < -0.39 is 5.97 Å². The van der Waals surface area contributed by atoms with Gasteiger partial charge in [0.05, 0.1) is 84.5 Å². The van der Waals surface area contributed by atoms with Gasteiger partial charge in [0.25, 0.3) is 23.6 Å². The number of nitrogens with two attached hydrogens (primary N) is 4. The Labute approximate surface area is 701 Å². The van der Waals surface area contributed by atoms with Crippen LogP contribution in [-0.4, -0.2) is 246 Å². The van der Waals surface area contributed by atoms with Crippen molar-refractivity contribution in [2.24, 2.45) is 23.2 Å². The van der Waals surface area contributed by atoms with Crippen molar-refractivity contribution >= 4 is 110 Å². The van der Waals surface area contributed by atoms with Crippen molar-refractivity contribution in [2.45, 2.75) is 73.3 Å². The first-order valence-electron chi connectivity index (χ1n) is 38.4. The number of carbonyl (C=O) groups excluding carboxylic acids is 8. The number of ketones is 4. The largest absolute Gasteiger partial charge is 0.478 e. The van der Waals surface area contributed by atoms with Crippen molar-refractivity contribution in [3.8, 4) is 0 Å². The number of nitrogens with zero attached hydrogens (tertiary/aromatic N) is 4. The lowest BCUT2D eigenvalue weighted by molar-refractivity contribution is 0.0382. The molecule has 7 aromatic rings. The number of carbonyl (C=O) groups is 9. The third-order valence-corrected chi connectivity index (χ3v) is 20.6. The minimum Gasteiger partial charge on any atom is -0.478 e. The number of ether oxygens (including phenoxy) is 4. The summed E-state index contributed by atoms with van der Waals surface area (Å²) in [6, 6.07) is 43.6. The van der Waals surface area contributed by atoms with Crippen molar-refractivity contribution in [2.75, 3.05) is 169 Å². The van der Waals surface area contributed by atoms with Gasteiger partial charge in [0.2, 0.25) is 0 Å². The SMILES string of the molecule is C.CC(=O)c1ccc(C(=O)CCc2ccc(C(=O)NCCN3CCOCC3)cc2)s1.CCc1ccc(C(=O)NCCN2CCOCC2)cc1.CCc1ccc(C(=O)O)cc1.Cl.NCC(=O)c1ccc(C(=O)CCc2ccc(C(=O)NCCN3CCOCC3)cc2)s1.NCc1ccc(C(=O)NCCN2CCOCC2)cc1.NN.[2H]CI. The fraction of sp³-hybridized carbons (Fsp3) is 0.440. The fourth-order valence-electron chi connectivity index (χ4n) is 11.4. The van der Waals surface area contributed by atoms with E-state index in [2.05, 4.69) is 59.5 Å². The Morgan fingerprint density at radius 1 is 0.412 bits per heavy atom. The summed E-state index contributed by atoms with van der Waals surface area (Å²) in [5.41, 5.74) is 19.3. The number of aryl methyl sites for hydroxylation is 4. The van der Waals surface area contributed by atoms with E-state index in [-0.39, 0.29) is 73.1 Å². The standard InChI is InChI=1S/C22H27N3O4S.C22H26N2O4S.C15H22N2O2.C14H21N3O2.C9H10O2.CH3I.CH4.ClH.H4N2/c23-15-19(27)21-8-7-20(30-21)18(26)6-3-16-1-4-17(5-2-16)22(28)24-9-10-25-11-13-29-14-12-25;1-16(25)20-8-9-21(29-20)19(26)7-4-17-2-5-18(6-3-17)22(27)23-10-11-24-12-14-28-15-13-24;1-2-13-3-5-14(6-4-13)15(18)16-7-8-17-9-11-19-12-10-17;15-11-12-1-3-13(4-2-12)14(18)16-5-6-17-7-9-19-10-8-17;1-2-7-3-5-8(6-4-7)9(10)11;1-2;;;1-2/h1-2,4-5,7-8H,3,6,9-15,23H2,(H,24,28);2-3,5-6,8-9H,4,7,10-15H2,1H3,(H,23,27);3-6H,2,7-12H2,1H3,(H,16,18);1-4H,5-11,15H2,(H,16,18);3-6H,2H2,1H3,(H,10,11);1H3;1H4;1H;1-2H2/i;;;;;1D;;;. The molecule has 0 atom stereocenters. The summed E-state index contributed by atoms with van der Waals surface area (Å²) < 4.78 is 27.4. The predicted octanol–water partition coefficient (Wildman–Crippen LogP) is 8.99. The number of halogens is 2. The van der Waals surface area contributed by atoms with E-state index in [0.29, 0.717) is 105 Å². The number of Topliss-reactive ketones (excluding diaryl/α,β-unsaturated/α-hetero) is 4. The van der Waals surface area contributed by atoms with Crippen LogP contribution in [0.4, 0.5) is 0 Å². The van der Waals surface area contributed by atoms with E-state index in [0.717, 1.165) is 172 Å². The Morgan fingerprint density at radius 3 is 0.904 bits per heavy atom. The Hall–Kier alpha value is -7.93. The Bertz CT molecular complexity index is 3880. The molecule has 5 aromatic carbocycles. The number of amides is 4. The third-order valence-electron chi connectivity index (χ3n) is 18.2. The molecule has 0 bridgehead atoms. The molecule has 6 heterocycles. The Morgan fingerprint density at radius 2 is 0.658 bits per heavy atom. The number of benzene rings is 5. The number of hydrogen-bond donors (Lipinski definition) is 9. The predicted molar refractivity (Wildman–Crippen MR) is 464 cm³/mol. The van der Waals surface area contributed by atoms with Crippen LogP contribution in [0.25, 0.3) is 0 Å². The molecule has 0 aliphatic carbocycles. The highest BCUT2D eigenvalue weighted by molar-refractivity contribution is 14.1. The van der Waals surface area contributed by atoms with Crippen LogP contribution in [-0.2, 0) is 51.2 Å². The van der Waals surface area contributed by atoms with E-state index in [1.165, 1.54) is 35.2 Å². The number of rotatable bonds is 31. The number of nitrogens with one attached hydrogen (secondary N) is 4. The molecule has 26 nitrogen and oxygen atoms in total. The van der Waals surface area contributed by atoms with Gasteiger partial charge in [-0.05, 0) is 150 Å². The van der Waals surface area contributed by atoms with Gasteiger partial charge in [-0.3, -0.25) is 69.6 Å². The zero-order valence-electron chi connectivity index (χ0n) is 66.1. The lowest BCUT2D eigenvalue weighted by Gasteiger charge is -2.26. The van der Waals surface area contributed by atoms with Gasteiger partial charge >= 0.3 is 5.97 Å². The number of hydrazine groups is 1. The number of carboxylic acid groups (broad SMARTS) is 1. The van der Waals surface area contributed by atoms with Gasteiger partial charge < -0.3 is 56.8 Å². The van der Waals surface area contributed by atoms with E-state index >= 15 is 0 Å². The maximum absolute atomic E-state index is 12.4. The third kappa shape index (κ3) is 38.2. The number of morpholine rings is 4. The molecular formula is C84H118ClIN12O14S2. The van der Waals surface area contributed by atoms with E-state index in [4.69, 9.17) is 36.9 Å². The van der Waals surface area contributed by atoms with Crippen LogP contribution in [0.5, 0.6) is 0 Å². The topological polar surface area (TPSA) is 376 Å². The lowest BCUT2D eigenvalue weighted by atomic mass is 10.0. The normalized spacial score (nSPS) is 14.1. The van der Waals surface area contributed by atoms with E-state index in [1.807, 2.05) is 114 Å². The molecule has 4 aliphatic rings. The Kier molecular flexibility index (Phi) is 50.8. The average Bonchev–Trinajstić information content (AvgIpc) is 1.54. The van der Waals surface area contributed by atoms with Crippen molar-refractivity contribution in [3.63, 3.8) is 0 Å². The van der Waals surface area contributed by atoms with Crippen molar-refractivity contribution in [1.29, 1.82) is 0 Å². The molecule has 0 radical (unpaired) electrons. The first kappa shape index (κ1) is 98.4. The molecule has 11 rings (SSSR count). The van der Waals surface area contributed by atoms with Crippen LogP contribution in [0.3, 0.4) is 0 Å². The summed E-state index contributed by atoms with van der Waals surface area (Å²) >= 11 is 4.39. The zero-order valence-corrected chi connectivity index (χ0v) is 69.8. The number of hydrogen-bond acceptors (Lipinski definition) is 23. The van der Waals surface area contributed by atoms with Gasteiger partial charge in [-0.1, -0.05) is 105 Å². The average molecular weight is 1750 g/mol. The summed E-state index contributed by atoms with van der Waals surface area (Å²) in [4.78, 5) is 118. The highest BCUT2D eigenvalue weighted by atomic mass is 127. The summed E-state index contributed by atoms with van der Waals surface area (Å²) in [5.74, 6) is 6.79. The first-order valence-corrected chi connectivity index (χ1v) is 40.9. The van der Waals surface area contributed by atoms with Gasteiger partial charge in [0.15, 0.2) is 23.1 Å². The number of thiophene rings is 2. The molecule has 2 aromatic heterocycles. The number of alkyl halides is 1. The van der Waals surface area contributed by atoms with Crippen LogP contribution >= 0.6 is 57.7 Å². The van der Waals surface area contributed by atoms with Crippen LogP contribution in [0.1, 0.15) is 161 Å². The summed E-state index contributed by atoms with van der Waals surface area (Å²) in [5, 5.41) is 20.3. The maximum Gasteiger partial charge on any atom is 0.335 e. The van der Waals surface area contributed by atoms with Gasteiger partial charge in [-0.2, -0.15) is 0 Å². The minimum absolute atomic E-state index is 0. The molecule has 4 amide bonds. The van der Waals surface area contributed by atoms with Crippen LogP contribution < -0.4 is 44.4 Å². The second-order valence-electron chi connectivity index (χ2n) is 25.9. The van der Waals surface area contributed by atoms with Gasteiger partial charge in [-0.15, -0.1) is 35.1 Å². The highest BCUT2D eigenvalue weighted by Gasteiger charge is 2.19. The zero-order chi connectivity index (χ0) is 82.0. The second kappa shape index (κ2) is 58.8. The van der Waals surface area contributed by atoms with Crippen molar-refractivity contribution in [3.05, 3.63) is 221 Å². The molecule has 4 aliphatic heterocycles. The van der Waals surface area contributed by atoms with Gasteiger partial charge in [0.1, 0.15) is 0 Å². The van der Waals surface area contributed by atoms with Gasteiger partial charge in [-0.25, -0.2) is 4.79 Å². The van der Waals surface area contributed by atoms with Crippen LogP contribution in [0, 0.1) is 0 Å². The molecule has 0 saturated carbocycles. The van der Waals surface area contributed by atoms with E-state index in [1.54, 1.807) is 60.7 Å². The molecule has 30 heteroatoms. The smallest absolute Gasteiger partial charge is 0.335 e. The summed E-state index contributed by atoms with van der Waals surface area (Å²) in [7, 11) is 0. The minimum atomic E-state index is -0.868. The molecule has 4 saturated heterocycles. The Balaban J connectivity index is 0.000000376. The maximum atomic E-state index is 12.4. The fourth-order valence-corrected chi connectivity index (χ4v) is 13.2. The van der Waals surface area contributed by atoms with Crippen LogP contribution in [0.2, 0.25) is 0 Å². The quantitative estimate of drug-likeness (QED) is 0.00643. The van der Waals surface area contributed by atoms with Crippen molar-refractivity contribution < 1.29 is 68.6 Å². The number of aromatic carboxylic acids is 1.